The van der Waals surface area contributed by atoms with Crippen molar-refractivity contribution in [2.45, 2.75) is 24.8 Å². The van der Waals surface area contributed by atoms with E-state index < -0.39 is 26.6 Å². The Hall–Kier alpha value is -2.11. The van der Waals surface area contributed by atoms with Crippen LogP contribution in [0.2, 0.25) is 0 Å². The second-order valence-electron chi connectivity index (χ2n) is 6.75. The second-order valence-corrected chi connectivity index (χ2v) is 8.66. The number of nitrogens with one attached hydrogen (secondary N) is 2. The fourth-order valence-corrected chi connectivity index (χ4v) is 4.23. The lowest BCUT2D eigenvalue weighted by atomic mass is 10.3. The first-order valence-electron chi connectivity index (χ1n) is 8.83. The van der Waals surface area contributed by atoms with Gasteiger partial charge in [-0.15, -0.1) is 0 Å². The first-order chi connectivity index (χ1) is 13.1. The summed E-state index contributed by atoms with van der Waals surface area (Å²) in [6, 6.07) is 2.31. The minimum atomic E-state index is -4.08. The molecule has 2 N–H and O–H groups in total. The number of sulfonamides is 1. The smallest absolute Gasteiger partial charge is 0.246 e. The van der Waals surface area contributed by atoms with Crippen molar-refractivity contribution in [2.24, 2.45) is 0 Å². The normalized spacial score (nSPS) is 16.2. The number of nitrogens with zero attached hydrogens (tertiary/aromatic N) is 2. The van der Waals surface area contributed by atoms with E-state index in [2.05, 4.69) is 10.6 Å². The van der Waals surface area contributed by atoms with Crippen molar-refractivity contribution in [1.29, 1.82) is 0 Å². The highest BCUT2D eigenvalue weighted by Crippen LogP contribution is 2.21. The molecular weight excluding hydrogens is 394 g/mol. The molecule has 1 heterocycles. The van der Waals surface area contributed by atoms with Crippen molar-refractivity contribution in [3.63, 3.8) is 0 Å². The zero-order chi connectivity index (χ0) is 20.9. The van der Waals surface area contributed by atoms with Crippen LogP contribution in [0.25, 0.3) is 0 Å². The topological polar surface area (TPSA) is 98.8 Å². The summed E-state index contributed by atoms with van der Waals surface area (Å²) in [5, 5.41) is 5.16. The van der Waals surface area contributed by atoms with Crippen molar-refractivity contribution in [3.05, 3.63) is 29.8 Å². The molecule has 1 fully saturated rings. The molecule has 0 atom stereocenters. The van der Waals surface area contributed by atoms with Crippen LogP contribution in [0.3, 0.4) is 0 Å². The van der Waals surface area contributed by atoms with Crippen molar-refractivity contribution < 1.29 is 26.8 Å². The number of carbonyl (C=O) groups excluding carboxylic acids is 2. The Bertz CT molecular complexity index is 824. The molecule has 0 radical (unpaired) electrons. The predicted molar refractivity (Wildman–Crippen MR) is 97.8 cm³/mol. The number of piperazine rings is 1. The molecule has 156 valence electrons. The lowest BCUT2D eigenvalue weighted by molar-refractivity contribution is -0.127. The minimum Gasteiger partial charge on any atom is -0.352 e. The largest absolute Gasteiger partial charge is 0.352 e. The average Bonchev–Trinajstić information content (AvgIpc) is 2.59. The number of benzene rings is 1. The van der Waals surface area contributed by atoms with Crippen LogP contribution in [-0.4, -0.2) is 74.7 Å². The molecule has 1 aliphatic rings. The molecule has 0 saturated carbocycles. The molecule has 2 amide bonds. The summed E-state index contributed by atoms with van der Waals surface area (Å²) < 4.78 is 53.0. The van der Waals surface area contributed by atoms with Gasteiger partial charge < -0.3 is 10.6 Å². The SMILES string of the molecule is CC(C)NC(=O)CNC(=O)CN1CCN(S(=O)(=O)c2ccc(F)cc2F)CC1. The van der Waals surface area contributed by atoms with E-state index >= 15 is 0 Å². The van der Waals surface area contributed by atoms with E-state index in [0.29, 0.717) is 6.07 Å². The number of hydrogen-bond donors (Lipinski definition) is 2. The maximum Gasteiger partial charge on any atom is 0.246 e. The monoisotopic (exact) mass is 418 g/mol. The van der Waals surface area contributed by atoms with Crippen LogP contribution in [0, 0.1) is 11.6 Å². The highest BCUT2D eigenvalue weighted by Gasteiger charge is 2.31. The zero-order valence-electron chi connectivity index (χ0n) is 15.7. The van der Waals surface area contributed by atoms with E-state index in [1.807, 2.05) is 13.8 Å². The first-order valence-corrected chi connectivity index (χ1v) is 10.3. The molecule has 1 saturated heterocycles. The average molecular weight is 418 g/mol. The van der Waals surface area contributed by atoms with Gasteiger partial charge in [0.05, 0.1) is 13.1 Å². The van der Waals surface area contributed by atoms with Crippen molar-refractivity contribution >= 4 is 21.8 Å². The van der Waals surface area contributed by atoms with Gasteiger partial charge in [-0.3, -0.25) is 14.5 Å². The van der Waals surface area contributed by atoms with Gasteiger partial charge in [-0.25, -0.2) is 17.2 Å². The van der Waals surface area contributed by atoms with Gasteiger partial charge in [-0.2, -0.15) is 4.31 Å². The zero-order valence-corrected chi connectivity index (χ0v) is 16.6. The minimum absolute atomic E-state index is 0.0216. The third-order valence-electron chi connectivity index (χ3n) is 4.11. The molecular formula is C17H24F2N4O4S. The molecule has 1 aromatic carbocycles. The van der Waals surface area contributed by atoms with E-state index in [1.54, 1.807) is 4.90 Å². The van der Waals surface area contributed by atoms with Crippen LogP contribution in [0.5, 0.6) is 0 Å². The maximum atomic E-state index is 13.8. The molecule has 1 aliphatic heterocycles. The van der Waals surface area contributed by atoms with Crippen LogP contribution >= 0.6 is 0 Å². The molecule has 2 rings (SSSR count). The summed E-state index contributed by atoms with van der Waals surface area (Å²) in [5.41, 5.74) is 0. The molecule has 1 aromatic rings. The van der Waals surface area contributed by atoms with Gasteiger partial charge in [-0.1, -0.05) is 0 Å². The van der Waals surface area contributed by atoms with Gasteiger partial charge >= 0.3 is 0 Å². The van der Waals surface area contributed by atoms with Crippen molar-refractivity contribution in [1.82, 2.24) is 19.8 Å². The molecule has 28 heavy (non-hydrogen) atoms. The number of amides is 2. The molecule has 11 heteroatoms. The van der Waals surface area contributed by atoms with Gasteiger partial charge in [0.15, 0.2) is 0 Å². The summed E-state index contributed by atoms with van der Waals surface area (Å²) in [6.45, 7) is 4.20. The van der Waals surface area contributed by atoms with Crippen LogP contribution in [-0.2, 0) is 19.6 Å². The highest BCUT2D eigenvalue weighted by molar-refractivity contribution is 7.89. The first kappa shape index (κ1) is 22.2. The maximum absolute atomic E-state index is 13.8. The fraction of sp³-hybridized carbons (Fsp3) is 0.529. The van der Waals surface area contributed by atoms with E-state index in [1.165, 1.54) is 0 Å². The van der Waals surface area contributed by atoms with Gasteiger partial charge in [0.1, 0.15) is 16.5 Å². The lowest BCUT2D eigenvalue weighted by Crippen LogP contribution is -2.51. The van der Waals surface area contributed by atoms with Crippen molar-refractivity contribution in [3.8, 4) is 0 Å². The summed E-state index contributed by atoms with van der Waals surface area (Å²) in [7, 11) is -4.08. The molecule has 0 unspecified atom stereocenters. The Balaban J connectivity index is 1.85. The number of carbonyl (C=O) groups is 2. The quantitative estimate of drug-likeness (QED) is 0.645. The van der Waals surface area contributed by atoms with Crippen LogP contribution in [0.15, 0.2) is 23.1 Å². The van der Waals surface area contributed by atoms with E-state index in [9.17, 15) is 26.8 Å². The molecule has 0 bridgehead atoms. The van der Waals surface area contributed by atoms with E-state index in [4.69, 9.17) is 0 Å². The van der Waals surface area contributed by atoms with Crippen LogP contribution in [0.1, 0.15) is 13.8 Å². The lowest BCUT2D eigenvalue weighted by Gasteiger charge is -2.33. The summed E-state index contributed by atoms with van der Waals surface area (Å²) in [4.78, 5) is 24.6. The molecule has 8 nitrogen and oxygen atoms in total. The molecule has 0 aliphatic carbocycles. The predicted octanol–water partition coefficient (Wildman–Crippen LogP) is -0.0881. The Morgan fingerprint density at radius 2 is 1.75 bits per heavy atom. The Kier molecular flexibility index (Phi) is 7.44. The van der Waals surface area contributed by atoms with Crippen LogP contribution < -0.4 is 10.6 Å². The fourth-order valence-electron chi connectivity index (χ4n) is 2.76. The van der Waals surface area contributed by atoms with Gasteiger partial charge in [0.2, 0.25) is 21.8 Å². The van der Waals surface area contributed by atoms with E-state index in [0.717, 1.165) is 16.4 Å². The van der Waals surface area contributed by atoms with Crippen LogP contribution in [0.4, 0.5) is 8.78 Å². The summed E-state index contributed by atoms with van der Waals surface area (Å²) in [5.74, 6) is -2.63. The van der Waals surface area contributed by atoms with Gasteiger partial charge in [0.25, 0.3) is 0 Å². The summed E-state index contributed by atoms with van der Waals surface area (Å²) in [6.07, 6.45) is 0. The number of rotatable bonds is 7. The third-order valence-corrected chi connectivity index (χ3v) is 6.04. The highest BCUT2D eigenvalue weighted by atomic mass is 32.2. The van der Waals surface area contributed by atoms with Gasteiger partial charge in [-0.05, 0) is 26.0 Å². The summed E-state index contributed by atoms with van der Waals surface area (Å²) >= 11 is 0. The Morgan fingerprint density at radius 3 is 2.32 bits per heavy atom. The van der Waals surface area contributed by atoms with E-state index in [-0.39, 0.29) is 57.1 Å². The number of hydrogen-bond acceptors (Lipinski definition) is 5. The standard InChI is InChI=1S/C17H24F2N4O4S/c1-12(2)21-16(24)10-20-17(25)11-22-5-7-23(8-6-22)28(26,27)15-4-3-13(18)9-14(15)19/h3-4,9,12H,5-8,10-11H2,1-2H3,(H,20,25)(H,21,24). The second kappa shape index (κ2) is 9.39. The van der Waals surface area contributed by atoms with Gasteiger partial charge in [0, 0.05) is 38.3 Å². The number of halogens is 2. The molecule has 0 spiro atoms. The van der Waals surface area contributed by atoms with Crippen molar-refractivity contribution in [2.75, 3.05) is 39.3 Å². The third kappa shape index (κ3) is 5.94. The Labute approximate surface area is 162 Å². The molecule has 0 aromatic heterocycles. The Morgan fingerprint density at radius 1 is 1.11 bits per heavy atom.